The zero-order valence-corrected chi connectivity index (χ0v) is 17.5. The quantitative estimate of drug-likeness (QED) is 0.496. The minimum Gasteiger partial charge on any atom is -0.271 e. The first kappa shape index (κ1) is 20.7. The number of hydrogen-bond acceptors (Lipinski definition) is 6. The van der Waals surface area contributed by atoms with Gasteiger partial charge in [0, 0.05) is 5.92 Å². The molecule has 3 aromatic rings. The smallest absolute Gasteiger partial charge is 0.271 e. The molecule has 0 atom stereocenters. The first-order valence-corrected chi connectivity index (χ1v) is 10.4. The van der Waals surface area contributed by atoms with Gasteiger partial charge in [0.25, 0.3) is 11.5 Å². The van der Waals surface area contributed by atoms with Gasteiger partial charge in [0.15, 0.2) is 0 Å². The fraction of sp³-hybridized carbons (Fsp3) is 0.429. The van der Waals surface area contributed by atoms with E-state index in [1.165, 1.54) is 16.3 Å². The molecule has 0 saturated heterocycles. The van der Waals surface area contributed by atoms with Crippen LogP contribution in [0.2, 0.25) is 0 Å². The molecule has 0 unspecified atom stereocenters. The maximum Gasteiger partial charge on any atom is 0.312 e. The van der Waals surface area contributed by atoms with Crippen molar-refractivity contribution in [3.63, 3.8) is 0 Å². The zero-order chi connectivity index (χ0) is 22.1. The molecule has 4 rings (SSSR count). The molecule has 0 spiro atoms. The number of rotatable bonds is 5. The third-order valence-corrected chi connectivity index (χ3v) is 5.83. The second kappa shape index (κ2) is 8.29. The van der Waals surface area contributed by atoms with Crippen molar-refractivity contribution >= 4 is 22.5 Å². The number of nitrogens with one attached hydrogen (secondary N) is 1. The second-order valence-electron chi connectivity index (χ2n) is 7.93. The van der Waals surface area contributed by atoms with Gasteiger partial charge in [0.05, 0.1) is 15.8 Å². The van der Waals surface area contributed by atoms with Crippen molar-refractivity contribution in [2.24, 2.45) is 0 Å². The number of para-hydroxylation sites is 1. The van der Waals surface area contributed by atoms with Gasteiger partial charge in [-0.3, -0.25) is 29.8 Å². The normalized spacial score (nSPS) is 14.6. The van der Waals surface area contributed by atoms with Crippen LogP contribution in [0.3, 0.4) is 0 Å². The monoisotopic (exact) mass is 424 g/mol. The predicted octanol–water partition coefficient (Wildman–Crippen LogP) is 2.94. The fourth-order valence-corrected chi connectivity index (χ4v) is 4.29. The summed E-state index contributed by atoms with van der Waals surface area (Å²) in [7, 11) is 0. The second-order valence-corrected chi connectivity index (χ2v) is 7.93. The van der Waals surface area contributed by atoms with E-state index in [2.05, 4.69) is 10.5 Å². The Morgan fingerprint density at radius 1 is 1.23 bits per heavy atom. The molecule has 0 bridgehead atoms. The lowest BCUT2D eigenvalue weighted by Gasteiger charge is -2.24. The Labute approximate surface area is 178 Å². The summed E-state index contributed by atoms with van der Waals surface area (Å²) in [5, 5.41) is 15.7. The molecule has 0 radical (unpaired) electrons. The van der Waals surface area contributed by atoms with Crippen LogP contribution < -0.4 is 11.0 Å². The van der Waals surface area contributed by atoms with E-state index in [4.69, 9.17) is 4.98 Å². The van der Waals surface area contributed by atoms with Crippen molar-refractivity contribution in [3.05, 3.63) is 61.9 Å². The van der Waals surface area contributed by atoms with Crippen LogP contribution >= 0.6 is 0 Å². The van der Waals surface area contributed by atoms with E-state index in [1.807, 2.05) is 6.07 Å². The summed E-state index contributed by atoms with van der Waals surface area (Å²) in [5.41, 5.74) is 3.36. The van der Waals surface area contributed by atoms with E-state index in [9.17, 15) is 19.7 Å². The van der Waals surface area contributed by atoms with Gasteiger partial charge in [-0.15, -0.1) is 0 Å². The molecule has 10 nitrogen and oxygen atoms in total. The number of benzene rings is 1. The average Bonchev–Trinajstić information content (AvgIpc) is 3.03. The summed E-state index contributed by atoms with van der Waals surface area (Å²) in [6.07, 6.45) is 5.07. The van der Waals surface area contributed by atoms with Gasteiger partial charge in [0.1, 0.15) is 23.8 Å². The molecule has 31 heavy (non-hydrogen) atoms. The Morgan fingerprint density at radius 3 is 2.61 bits per heavy atom. The minimum absolute atomic E-state index is 0.0844. The van der Waals surface area contributed by atoms with Crippen LogP contribution in [0.1, 0.15) is 55.2 Å². The summed E-state index contributed by atoms with van der Waals surface area (Å²) in [6.45, 7) is 2.82. The van der Waals surface area contributed by atoms with Crippen molar-refractivity contribution in [1.29, 1.82) is 0 Å². The number of nitrogens with zero attached hydrogens (tertiary/aromatic N) is 5. The molecule has 1 saturated carbocycles. The van der Waals surface area contributed by atoms with Gasteiger partial charge in [-0.1, -0.05) is 31.4 Å². The minimum atomic E-state index is -0.509. The number of nitro groups is 1. The van der Waals surface area contributed by atoms with Crippen LogP contribution in [-0.4, -0.2) is 30.3 Å². The summed E-state index contributed by atoms with van der Waals surface area (Å²) < 4.78 is 2.53. The highest BCUT2D eigenvalue weighted by Gasteiger charge is 2.25. The van der Waals surface area contributed by atoms with Gasteiger partial charge < -0.3 is 0 Å². The highest BCUT2D eigenvalue weighted by molar-refractivity contribution is 5.84. The van der Waals surface area contributed by atoms with Crippen molar-refractivity contribution < 1.29 is 9.72 Å². The SMILES string of the molecule is Cc1nn(CC(=O)Nn2c(C3CCCCC3)nc3ccccc3c2=O)c(C)c1[N+](=O)[O-]. The number of aromatic nitrogens is 4. The van der Waals surface area contributed by atoms with Crippen LogP contribution in [0.4, 0.5) is 5.69 Å². The van der Waals surface area contributed by atoms with Crippen molar-refractivity contribution in [2.45, 2.75) is 58.4 Å². The van der Waals surface area contributed by atoms with E-state index in [-0.39, 0.29) is 35.1 Å². The molecule has 1 aliphatic carbocycles. The van der Waals surface area contributed by atoms with Gasteiger partial charge in [-0.05, 0) is 38.8 Å². The molecule has 1 amide bonds. The molecule has 1 aliphatic rings. The summed E-state index contributed by atoms with van der Waals surface area (Å²) in [4.78, 5) is 41.4. The molecule has 162 valence electrons. The lowest BCUT2D eigenvalue weighted by atomic mass is 9.88. The molecule has 1 aromatic carbocycles. The van der Waals surface area contributed by atoms with E-state index in [0.717, 1.165) is 32.1 Å². The fourth-order valence-electron chi connectivity index (χ4n) is 4.29. The van der Waals surface area contributed by atoms with Gasteiger partial charge in [-0.25, -0.2) is 9.66 Å². The molecule has 2 heterocycles. The largest absolute Gasteiger partial charge is 0.312 e. The van der Waals surface area contributed by atoms with Crippen molar-refractivity contribution in [1.82, 2.24) is 19.4 Å². The highest BCUT2D eigenvalue weighted by atomic mass is 16.6. The lowest BCUT2D eigenvalue weighted by Crippen LogP contribution is -2.39. The van der Waals surface area contributed by atoms with Crippen LogP contribution in [0.5, 0.6) is 0 Å². The van der Waals surface area contributed by atoms with Crippen LogP contribution in [0, 0.1) is 24.0 Å². The van der Waals surface area contributed by atoms with E-state index >= 15 is 0 Å². The topological polar surface area (TPSA) is 125 Å². The summed E-state index contributed by atoms with van der Waals surface area (Å²) in [6, 6.07) is 7.07. The standard InChI is InChI=1S/C21H24N6O4/c1-13-19(27(30)31)14(2)25(23-13)12-18(28)24-26-20(15-8-4-3-5-9-15)22-17-11-7-6-10-16(17)21(26)29/h6-7,10-11,15H,3-5,8-9,12H2,1-2H3,(H,24,28). The first-order valence-electron chi connectivity index (χ1n) is 10.4. The van der Waals surface area contributed by atoms with E-state index in [0.29, 0.717) is 16.7 Å². The number of carbonyl (C=O) groups excluding carboxylic acids is 1. The Kier molecular flexibility index (Phi) is 5.53. The average molecular weight is 424 g/mol. The summed E-state index contributed by atoms with van der Waals surface area (Å²) >= 11 is 0. The zero-order valence-electron chi connectivity index (χ0n) is 17.5. The van der Waals surface area contributed by atoms with E-state index < -0.39 is 10.8 Å². The van der Waals surface area contributed by atoms with Crippen molar-refractivity contribution in [2.75, 3.05) is 5.43 Å². The Hall–Kier alpha value is -3.56. The molecule has 10 heteroatoms. The molecule has 1 N–H and O–H groups in total. The molecule has 0 aliphatic heterocycles. The maximum atomic E-state index is 13.2. The Morgan fingerprint density at radius 2 is 1.94 bits per heavy atom. The van der Waals surface area contributed by atoms with Crippen LogP contribution in [0.15, 0.2) is 29.1 Å². The Bertz CT molecular complexity index is 1220. The maximum absolute atomic E-state index is 13.2. The number of fused-ring (bicyclic) bond motifs is 1. The number of hydrogen-bond donors (Lipinski definition) is 1. The highest BCUT2D eigenvalue weighted by Crippen LogP contribution is 2.31. The van der Waals surface area contributed by atoms with Gasteiger partial charge in [-0.2, -0.15) is 5.10 Å². The molecular weight excluding hydrogens is 400 g/mol. The molecular formula is C21H24N6O4. The Balaban J connectivity index is 1.69. The lowest BCUT2D eigenvalue weighted by molar-refractivity contribution is -0.386. The van der Waals surface area contributed by atoms with Gasteiger partial charge >= 0.3 is 5.69 Å². The molecule has 2 aromatic heterocycles. The third-order valence-electron chi connectivity index (χ3n) is 5.83. The van der Waals surface area contributed by atoms with Crippen molar-refractivity contribution in [3.8, 4) is 0 Å². The number of carbonyl (C=O) groups is 1. The number of amides is 1. The predicted molar refractivity (Wildman–Crippen MR) is 115 cm³/mol. The molecule has 1 fully saturated rings. The number of aryl methyl sites for hydroxylation is 1. The summed E-state index contributed by atoms with van der Waals surface area (Å²) in [5.74, 6) is 0.133. The van der Waals surface area contributed by atoms with Crippen LogP contribution in [-0.2, 0) is 11.3 Å². The first-order chi connectivity index (χ1) is 14.9. The third kappa shape index (κ3) is 3.92. The van der Waals surface area contributed by atoms with Crippen LogP contribution in [0.25, 0.3) is 10.9 Å². The van der Waals surface area contributed by atoms with Gasteiger partial charge in [0.2, 0.25) is 0 Å². The van der Waals surface area contributed by atoms with E-state index in [1.54, 1.807) is 25.1 Å².